The van der Waals surface area contributed by atoms with E-state index in [2.05, 4.69) is 15.3 Å². The minimum atomic E-state index is -0.434. The van der Waals surface area contributed by atoms with Gasteiger partial charge < -0.3 is 15.0 Å². The van der Waals surface area contributed by atoms with Gasteiger partial charge in [-0.2, -0.15) is 0 Å². The van der Waals surface area contributed by atoms with Gasteiger partial charge in [0.2, 0.25) is 5.95 Å². The Morgan fingerprint density at radius 3 is 2.50 bits per heavy atom. The lowest BCUT2D eigenvalue weighted by molar-refractivity contribution is -0.153. The number of carbonyl (C=O) groups excluding carboxylic acids is 2. The number of anilines is 1. The number of rotatable bonds is 7. The maximum atomic E-state index is 13.3. The molecule has 0 spiro atoms. The second-order valence-corrected chi connectivity index (χ2v) is 8.46. The number of amides is 1. The number of halogens is 1. The molecule has 1 N–H and O–H groups in total. The highest BCUT2D eigenvalue weighted by Crippen LogP contribution is 2.26. The van der Waals surface area contributed by atoms with Crippen LogP contribution in [0, 0.1) is 11.7 Å². The lowest BCUT2D eigenvalue weighted by Gasteiger charge is -2.30. The van der Waals surface area contributed by atoms with Gasteiger partial charge in [-0.15, -0.1) is 11.3 Å². The topological polar surface area (TPSA) is 84.4 Å². The Bertz CT molecular complexity index is 1020. The van der Waals surface area contributed by atoms with E-state index in [1.54, 1.807) is 30.6 Å². The molecular weight excluding hydrogens is 431 g/mol. The average molecular weight is 455 g/mol. The Kier molecular flexibility index (Phi) is 7.06. The summed E-state index contributed by atoms with van der Waals surface area (Å²) in [7, 11) is 0. The van der Waals surface area contributed by atoms with Crippen LogP contribution in [0.2, 0.25) is 0 Å². The molecule has 1 unspecified atom stereocenters. The lowest BCUT2D eigenvalue weighted by Crippen LogP contribution is -2.39. The third kappa shape index (κ3) is 5.47. The zero-order chi connectivity index (χ0) is 22.3. The van der Waals surface area contributed by atoms with Crippen molar-refractivity contribution in [2.45, 2.75) is 18.9 Å². The van der Waals surface area contributed by atoms with Crippen LogP contribution in [0.5, 0.6) is 0 Å². The standard InChI is InChI=1S/C23H23FN4O3S/c24-18-6-4-16(5-7-18)21(19-3-1-14-32-19)27-20(29)15-31-22(30)17-8-12-28(13-9-17)23-25-10-2-11-26-23/h1-7,10-11,14,17,21H,8-9,12-13,15H2,(H,27,29). The number of benzene rings is 1. The molecule has 1 aromatic carbocycles. The van der Waals surface area contributed by atoms with Gasteiger partial charge in [0, 0.05) is 30.4 Å². The SMILES string of the molecule is O=C(COC(=O)C1CCN(c2ncccn2)CC1)NC(c1ccc(F)cc1)c1cccs1. The molecule has 7 nitrogen and oxygen atoms in total. The van der Waals surface area contributed by atoms with E-state index in [1.165, 1.54) is 23.5 Å². The summed E-state index contributed by atoms with van der Waals surface area (Å²) in [6.07, 6.45) is 4.62. The highest BCUT2D eigenvalue weighted by molar-refractivity contribution is 7.10. The molecule has 1 saturated heterocycles. The molecule has 1 amide bonds. The zero-order valence-corrected chi connectivity index (χ0v) is 18.1. The fourth-order valence-electron chi connectivity index (χ4n) is 3.66. The van der Waals surface area contributed by atoms with Gasteiger partial charge in [-0.3, -0.25) is 9.59 Å². The summed E-state index contributed by atoms with van der Waals surface area (Å²) in [5.74, 6) is -0.727. The molecule has 4 rings (SSSR count). The second kappa shape index (κ2) is 10.3. The van der Waals surface area contributed by atoms with Crippen LogP contribution in [0.25, 0.3) is 0 Å². The Morgan fingerprint density at radius 2 is 1.84 bits per heavy atom. The van der Waals surface area contributed by atoms with Gasteiger partial charge >= 0.3 is 5.97 Å². The maximum absolute atomic E-state index is 13.3. The molecule has 3 aromatic rings. The second-order valence-electron chi connectivity index (χ2n) is 7.49. The molecule has 0 aliphatic carbocycles. The van der Waals surface area contributed by atoms with Crippen molar-refractivity contribution in [1.82, 2.24) is 15.3 Å². The van der Waals surface area contributed by atoms with Crippen LogP contribution in [-0.2, 0) is 14.3 Å². The minimum absolute atomic E-state index is 0.257. The van der Waals surface area contributed by atoms with Gasteiger partial charge in [0.05, 0.1) is 12.0 Å². The van der Waals surface area contributed by atoms with E-state index >= 15 is 0 Å². The van der Waals surface area contributed by atoms with Crippen molar-refractivity contribution in [3.05, 3.63) is 76.5 Å². The number of thiophene rings is 1. The summed E-state index contributed by atoms with van der Waals surface area (Å²) in [4.78, 5) is 36.4. The number of hydrogen-bond acceptors (Lipinski definition) is 7. The normalized spacial score (nSPS) is 15.2. The van der Waals surface area contributed by atoms with Crippen molar-refractivity contribution < 1.29 is 18.7 Å². The number of nitrogens with zero attached hydrogens (tertiary/aromatic N) is 3. The minimum Gasteiger partial charge on any atom is -0.455 e. The zero-order valence-electron chi connectivity index (χ0n) is 17.3. The van der Waals surface area contributed by atoms with E-state index in [0.29, 0.717) is 31.9 Å². The van der Waals surface area contributed by atoms with E-state index in [1.807, 2.05) is 22.4 Å². The van der Waals surface area contributed by atoms with Crippen LogP contribution in [0.1, 0.15) is 29.3 Å². The van der Waals surface area contributed by atoms with E-state index in [9.17, 15) is 14.0 Å². The molecule has 166 valence electrons. The predicted molar refractivity (Wildman–Crippen MR) is 119 cm³/mol. The molecule has 0 radical (unpaired) electrons. The number of aromatic nitrogens is 2. The van der Waals surface area contributed by atoms with Gasteiger partial charge in [-0.25, -0.2) is 14.4 Å². The molecule has 1 aliphatic heterocycles. The molecule has 1 atom stereocenters. The fraction of sp³-hybridized carbons (Fsp3) is 0.304. The van der Waals surface area contributed by atoms with Crippen LogP contribution >= 0.6 is 11.3 Å². The molecule has 0 saturated carbocycles. The summed E-state index contributed by atoms with van der Waals surface area (Å²) in [5, 5.41) is 4.80. The molecule has 1 aliphatic rings. The molecule has 3 heterocycles. The number of hydrogen-bond donors (Lipinski definition) is 1. The van der Waals surface area contributed by atoms with Crippen LogP contribution in [0.4, 0.5) is 10.3 Å². The number of carbonyl (C=O) groups is 2. The van der Waals surface area contributed by atoms with Gasteiger partial charge in [0.1, 0.15) is 5.82 Å². The predicted octanol–water partition coefficient (Wildman–Crippen LogP) is 3.34. The Hall–Kier alpha value is -3.33. The lowest BCUT2D eigenvalue weighted by atomic mass is 9.97. The Labute approximate surface area is 189 Å². The van der Waals surface area contributed by atoms with Crippen molar-refractivity contribution >= 4 is 29.2 Å². The van der Waals surface area contributed by atoms with Crippen LogP contribution in [0.15, 0.2) is 60.2 Å². The molecule has 0 bridgehead atoms. The first kappa shape index (κ1) is 21.9. The van der Waals surface area contributed by atoms with Crippen molar-refractivity contribution in [3.8, 4) is 0 Å². The van der Waals surface area contributed by atoms with Crippen LogP contribution < -0.4 is 10.2 Å². The van der Waals surface area contributed by atoms with Crippen LogP contribution in [-0.4, -0.2) is 41.5 Å². The third-order valence-electron chi connectivity index (χ3n) is 5.35. The van der Waals surface area contributed by atoms with Crippen molar-refractivity contribution in [1.29, 1.82) is 0 Å². The summed E-state index contributed by atoms with van der Waals surface area (Å²) in [6.45, 7) is 0.950. The Morgan fingerprint density at radius 1 is 1.12 bits per heavy atom. The quantitative estimate of drug-likeness (QED) is 0.552. The largest absolute Gasteiger partial charge is 0.455 e. The van der Waals surface area contributed by atoms with Gasteiger partial charge in [-0.05, 0) is 48.1 Å². The number of esters is 1. The maximum Gasteiger partial charge on any atom is 0.309 e. The highest BCUT2D eigenvalue weighted by atomic mass is 32.1. The molecular formula is C23H23FN4O3S. The molecule has 9 heteroatoms. The van der Waals surface area contributed by atoms with Crippen molar-refractivity contribution in [2.24, 2.45) is 5.92 Å². The molecule has 32 heavy (non-hydrogen) atoms. The van der Waals surface area contributed by atoms with Gasteiger partial charge in [-0.1, -0.05) is 18.2 Å². The monoisotopic (exact) mass is 454 g/mol. The third-order valence-corrected chi connectivity index (χ3v) is 6.28. The molecule has 2 aromatic heterocycles. The fourth-order valence-corrected chi connectivity index (χ4v) is 4.46. The first-order chi connectivity index (χ1) is 15.6. The van der Waals surface area contributed by atoms with E-state index in [-0.39, 0.29) is 24.3 Å². The Balaban J connectivity index is 1.29. The first-order valence-electron chi connectivity index (χ1n) is 10.4. The summed E-state index contributed by atoms with van der Waals surface area (Å²) < 4.78 is 18.6. The number of piperidine rings is 1. The number of nitrogens with one attached hydrogen (secondary N) is 1. The van der Waals surface area contributed by atoms with Crippen molar-refractivity contribution in [3.63, 3.8) is 0 Å². The molecule has 1 fully saturated rings. The number of ether oxygens (including phenoxy) is 1. The van der Waals surface area contributed by atoms with E-state index in [4.69, 9.17) is 4.74 Å². The van der Waals surface area contributed by atoms with Crippen molar-refractivity contribution in [2.75, 3.05) is 24.6 Å². The van der Waals surface area contributed by atoms with Crippen LogP contribution in [0.3, 0.4) is 0 Å². The van der Waals surface area contributed by atoms with E-state index < -0.39 is 11.9 Å². The smallest absolute Gasteiger partial charge is 0.309 e. The average Bonchev–Trinajstić information content (AvgIpc) is 3.37. The summed E-state index contributed by atoms with van der Waals surface area (Å²) >= 11 is 1.49. The summed E-state index contributed by atoms with van der Waals surface area (Å²) in [6, 6.07) is 11.1. The summed E-state index contributed by atoms with van der Waals surface area (Å²) in [5.41, 5.74) is 0.754. The van der Waals surface area contributed by atoms with Gasteiger partial charge in [0.25, 0.3) is 5.91 Å². The highest BCUT2D eigenvalue weighted by Gasteiger charge is 2.28. The van der Waals surface area contributed by atoms with Gasteiger partial charge in [0.15, 0.2) is 6.61 Å². The first-order valence-corrected chi connectivity index (χ1v) is 11.2. The van der Waals surface area contributed by atoms with E-state index in [0.717, 1.165) is 10.4 Å².